The minimum Gasteiger partial charge on any atom is -0.467 e. The van der Waals surface area contributed by atoms with E-state index in [4.69, 9.17) is 8.83 Å². The van der Waals surface area contributed by atoms with Gasteiger partial charge in [-0.05, 0) is 38.1 Å². The Kier molecular flexibility index (Phi) is 7.71. The molecule has 2 N–H and O–H groups in total. The van der Waals surface area contributed by atoms with E-state index in [1.54, 1.807) is 12.5 Å². The van der Waals surface area contributed by atoms with Crippen LogP contribution >= 0.6 is 24.0 Å². The SMILES string of the molecule is CCNC(=NCc1coc(-c2ccc(C)cc2)n1)NCc1ccco1.I. The van der Waals surface area contributed by atoms with Crippen molar-refractivity contribution in [1.82, 2.24) is 15.6 Å². The molecule has 138 valence electrons. The molecule has 0 aliphatic rings. The molecule has 2 aromatic heterocycles. The Morgan fingerprint density at radius 3 is 2.62 bits per heavy atom. The number of guanidine groups is 1. The molecule has 6 nitrogen and oxygen atoms in total. The van der Waals surface area contributed by atoms with Gasteiger partial charge in [-0.1, -0.05) is 17.7 Å². The highest BCUT2D eigenvalue weighted by atomic mass is 127. The third-order valence-electron chi connectivity index (χ3n) is 3.60. The number of hydrogen-bond donors (Lipinski definition) is 2. The van der Waals surface area contributed by atoms with Crippen molar-refractivity contribution in [2.24, 2.45) is 4.99 Å². The fraction of sp³-hybridized carbons (Fsp3) is 0.263. The number of aromatic nitrogens is 1. The van der Waals surface area contributed by atoms with Crippen molar-refractivity contribution in [2.45, 2.75) is 26.9 Å². The Balaban J connectivity index is 0.00000243. The highest BCUT2D eigenvalue weighted by Crippen LogP contribution is 2.19. The van der Waals surface area contributed by atoms with Gasteiger partial charge in [0.05, 0.1) is 19.4 Å². The molecule has 0 aliphatic heterocycles. The molecule has 0 saturated heterocycles. The van der Waals surface area contributed by atoms with Crippen LogP contribution in [-0.4, -0.2) is 17.5 Å². The first-order valence-corrected chi connectivity index (χ1v) is 8.30. The fourth-order valence-corrected chi connectivity index (χ4v) is 2.29. The van der Waals surface area contributed by atoms with Crippen molar-refractivity contribution in [3.63, 3.8) is 0 Å². The molecule has 0 aliphatic carbocycles. The van der Waals surface area contributed by atoms with Gasteiger partial charge in [0.15, 0.2) is 5.96 Å². The highest BCUT2D eigenvalue weighted by Gasteiger charge is 2.07. The molecular weight excluding hydrogens is 443 g/mol. The second-order valence-corrected chi connectivity index (χ2v) is 5.64. The van der Waals surface area contributed by atoms with E-state index in [1.807, 2.05) is 43.3 Å². The van der Waals surface area contributed by atoms with E-state index < -0.39 is 0 Å². The van der Waals surface area contributed by atoms with Gasteiger partial charge in [-0.2, -0.15) is 0 Å². The zero-order valence-electron chi connectivity index (χ0n) is 14.9. The number of rotatable bonds is 6. The molecule has 0 atom stereocenters. The number of benzene rings is 1. The number of oxazole rings is 1. The minimum atomic E-state index is 0. The second-order valence-electron chi connectivity index (χ2n) is 5.64. The molecule has 0 bridgehead atoms. The standard InChI is InChI=1S/C19H22N4O2.HI/c1-3-20-19(22-12-17-5-4-10-24-17)21-11-16-13-25-18(23-16)15-8-6-14(2)7-9-15;/h4-10,13H,3,11-12H2,1-2H3,(H2,20,21,22);1H. The van der Waals surface area contributed by atoms with E-state index in [0.717, 1.165) is 23.6 Å². The largest absolute Gasteiger partial charge is 0.467 e. The van der Waals surface area contributed by atoms with Crippen molar-refractivity contribution in [1.29, 1.82) is 0 Å². The Hall–Kier alpha value is -2.29. The maximum atomic E-state index is 5.57. The number of nitrogens with zero attached hydrogens (tertiary/aromatic N) is 2. The molecule has 0 radical (unpaired) electrons. The molecule has 0 unspecified atom stereocenters. The average molecular weight is 466 g/mol. The van der Waals surface area contributed by atoms with Crippen LogP contribution in [0.2, 0.25) is 0 Å². The van der Waals surface area contributed by atoms with Crippen molar-refractivity contribution < 1.29 is 8.83 Å². The number of furan rings is 1. The van der Waals surface area contributed by atoms with E-state index in [-0.39, 0.29) is 24.0 Å². The van der Waals surface area contributed by atoms with E-state index >= 15 is 0 Å². The molecule has 0 spiro atoms. The first kappa shape index (κ1) is 20.0. The van der Waals surface area contributed by atoms with E-state index in [0.29, 0.717) is 24.9 Å². The molecular formula is C19H23IN4O2. The van der Waals surface area contributed by atoms with Gasteiger partial charge in [-0.25, -0.2) is 9.98 Å². The zero-order chi connectivity index (χ0) is 17.5. The number of nitrogens with one attached hydrogen (secondary N) is 2. The highest BCUT2D eigenvalue weighted by molar-refractivity contribution is 14.0. The molecule has 3 rings (SSSR count). The molecule has 26 heavy (non-hydrogen) atoms. The summed E-state index contributed by atoms with van der Waals surface area (Å²) in [7, 11) is 0. The van der Waals surface area contributed by atoms with Gasteiger partial charge < -0.3 is 19.5 Å². The van der Waals surface area contributed by atoms with Gasteiger partial charge in [-0.15, -0.1) is 24.0 Å². The van der Waals surface area contributed by atoms with Crippen LogP contribution in [0.15, 0.2) is 62.8 Å². The van der Waals surface area contributed by atoms with Crippen molar-refractivity contribution in [3.8, 4) is 11.5 Å². The van der Waals surface area contributed by atoms with Gasteiger partial charge in [0.2, 0.25) is 5.89 Å². The second kappa shape index (κ2) is 10.0. The third-order valence-corrected chi connectivity index (χ3v) is 3.60. The quantitative estimate of drug-likeness (QED) is 0.325. The summed E-state index contributed by atoms with van der Waals surface area (Å²) >= 11 is 0. The molecule has 0 saturated carbocycles. The summed E-state index contributed by atoms with van der Waals surface area (Å²) in [5.41, 5.74) is 2.95. The lowest BCUT2D eigenvalue weighted by molar-refractivity contribution is 0.501. The molecule has 1 aromatic carbocycles. The van der Waals surface area contributed by atoms with Gasteiger partial charge in [0.25, 0.3) is 0 Å². The van der Waals surface area contributed by atoms with E-state index in [2.05, 4.69) is 27.5 Å². The Morgan fingerprint density at radius 2 is 1.92 bits per heavy atom. The number of aliphatic imine (C=N–C) groups is 1. The van der Waals surface area contributed by atoms with Crippen molar-refractivity contribution >= 4 is 29.9 Å². The average Bonchev–Trinajstić information content (AvgIpc) is 3.30. The fourth-order valence-electron chi connectivity index (χ4n) is 2.29. The van der Waals surface area contributed by atoms with Gasteiger partial charge in [0, 0.05) is 12.1 Å². The molecule has 0 amide bonds. The van der Waals surface area contributed by atoms with Crippen LogP contribution in [0.1, 0.15) is 23.9 Å². The van der Waals surface area contributed by atoms with Crippen molar-refractivity contribution in [3.05, 3.63) is 65.9 Å². The predicted molar refractivity (Wildman–Crippen MR) is 112 cm³/mol. The third kappa shape index (κ3) is 5.62. The first-order valence-electron chi connectivity index (χ1n) is 8.30. The topological polar surface area (TPSA) is 75.6 Å². The normalized spacial score (nSPS) is 11.1. The summed E-state index contributed by atoms with van der Waals surface area (Å²) in [6.07, 6.45) is 3.30. The van der Waals surface area contributed by atoms with Crippen LogP contribution in [0.5, 0.6) is 0 Å². The van der Waals surface area contributed by atoms with Crippen LogP contribution < -0.4 is 10.6 Å². The summed E-state index contributed by atoms with van der Waals surface area (Å²) in [5, 5.41) is 6.42. The molecule has 0 fully saturated rings. The monoisotopic (exact) mass is 466 g/mol. The minimum absolute atomic E-state index is 0. The Morgan fingerprint density at radius 1 is 1.12 bits per heavy atom. The van der Waals surface area contributed by atoms with E-state index in [1.165, 1.54) is 5.56 Å². The van der Waals surface area contributed by atoms with Crippen molar-refractivity contribution in [2.75, 3.05) is 6.54 Å². The predicted octanol–water partition coefficient (Wildman–Crippen LogP) is 4.12. The molecule has 7 heteroatoms. The number of halogens is 1. The van der Waals surface area contributed by atoms with Crippen LogP contribution in [0, 0.1) is 6.92 Å². The van der Waals surface area contributed by atoms with Gasteiger partial charge in [-0.3, -0.25) is 0 Å². The summed E-state index contributed by atoms with van der Waals surface area (Å²) in [5.74, 6) is 2.17. The van der Waals surface area contributed by atoms with Crippen LogP contribution in [0.3, 0.4) is 0 Å². The van der Waals surface area contributed by atoms with Gasteiger partial charge in [0.1, 0.15) is 17.7 Å². The molecule has 3 aromatic rings. The van der Waals surface area contributed by atoms with E-state index in [9.17, 15) is 0 Å². The lowest BCUT2D eigenvalue weighted by Gasteiger charge is -2.09. The van der Waals surface area contributed by atoms with Crippen LogP contribution in [-0.2, 0) is 13.1 Å². The first-order chi connectivity index (χ1) is 12.2. The smallest absolute Gasteiger partial charge is 0.226 e. The number of hydrogen-bond acceptors (Lipinski definition) is 4. The molecule has 2 heterocycles. The summed E-state index contributed by atoms with van der Waals surface area (Å²) in [4.78, 5) is 9.04. The summed E-state index contributed by atoms with van der Waals surface area (Å²) < 4.78 is 10.9. The van der Waals surface area contributed by atoms with Crippen LogP contribution in [0.25, 0.3) is 11.5 Å². The lowest BCUT2D eigenvalue weighted by Crippen LogP contribution is -2.36. The summed E-state index contributed by atoms with van der Waals surface area (Å²) in [6, 6.07) is 11.9. The number of aryl methyl sites for hydroxylation is 1. The Labute approximate surface area is 170 Å². The maximum Gasteiger partial charge on any atom is 0.226 e. The van der Waals surface area contributed by atoms with Crippen LogP contribution in [0.4, 0.5) is 0 Å². The lowest BCUT2D eigenvalue weighted by atomic mass is 10.1. The van der Waals surface area contributed by atoms with Gasteiger partial charge >= 0.3 is 0 Å². The zero-order valence-corrected chi connectivity index (χ0v) is 17.2. The Bertz CT molecular complexity index is 810. The summed E-state index contributed by atoms with van der Waals surface area (Å²) in [6.45, 7) is 5.86. The maximum absolute atomic E-state index is 5.57.